The third-order valence-corrected chi connectivity index (χ3v) is 7.24. The molecule has 2 atom stereocenters. The largest absolute Gasteiger partial charge is 0.497 e. The van der Waals surface area contributed by atoms with Crippen LogP contribution in [0, 0.1) is 5.82 Å². The maximum absolute atomic E-state index is 14.3. The Morgan fingerprint density at radius 2 is 1.82 bits per heavy atom. The van der Waals surface area contributed by atoms with Gasteiger partial charge in [0.15, 0.2) is 0 Å². The summed E-state index contributed by atoms with van der Waals surface area (Å²) in [6.07, 6.45) is 2.23. The number of imide groups is 1. The lowest BCUT2D eigenvalue weighted by molar-refractivity contribution is -0.143. The van der Waals surface area contributed by atoms with Gasteiger partial charge in [0.25, 0.3) is 0 Å². The molecule has 2 aromatic rings. The van der Waals surface area contributed by atoms with Crippen LogP contribution in [0.25, 0.3) is 0 Å². The number of rotatable bonds is 6. The summed E-state index contributed by atoms with van der Waals surface area (Å²) in [5.74, 6) is -0.360. The number of amides is 3. The molecule has 5 rings (SSSR count). The van der Waals surface area contributed by atoms with E-state index < -0.39 is 5.41 Å². The number of likely N-dealkylation sites (tertiary alicyclic amines) is 2. The zero-order valence-electron chi connectivity index (χ0n) is 18.6. The molecular weight excluding hydrogens is 423 g/mol. The summed E-state index contributed by atoms with van der Waals surface area (Å²) in [5.41, 5.74) is 0.0618. The average Bonchev–Trinajstić information content (AvgIpc) is 3.46. The number of ether oxygens (including phenoxy) is 1. The first-order valence-corrected chi connectivity index (χ1v) is 11.5. The summed E-state index contributed by atoms with van der Waals surface area (Å²) in [6.45, 7) is 0.915. The Kier molecular flexibility index (Phi) is 5.43. The molecule has 172 valence electrons. The van der Waals surface area contributed by atoms with E-state index in [2.05, 4.69) is 0 Å². The molecule has 2 saturated heterocycles. The predicted molar refractivity (Wildman–Crippen MR) is 119 cm³/mol. The number of nitrogens with zero attached hydrogens (tertiary/aromatic N) is 2. The summed E-state index contributed by atoms with van der Waals surface area (Å²) in [4.78, 5) is 43.0. The summed E-state index contributed by atoms with van der Waals surface area (Å²) in [6, 6.07) is 13.7. The highest BCUT2D eigenvalue weighted by Crippen LogP contribution is 2.45. The number of benzene rings is 2. The third kappa shape index (κ3) is 3.79. The van der Waals surface area contributed by atoms with Crippen molar-refractivity contribution in [2.75, 3.05) is 20.2 Å². The predicted octanol–water partition coefficient (Wildman–Crippen LogP) is 3.40. The van der Waals surface area contributed by atoms with Crippen molar-refractivity contribution < 1.29 is 23.5 Å². The van der Waals surface area contributed by atoms with Crippen LogP contribution >= 0.6 is 0 Å². The highest BCUT2D eigenvalue weighted by atomic mass is 19.1. The molecule has 3 aliphatic rings. The van der Waals surface area contributed by atoms with Crippen molar-refractivity contribution in [1.29, 1.82) is 0 Å². The number of hydrogen-bond donors (Lipinski definition) is 0. The van der Waals surface area contributed by atoms with E-state index in [4.69, 9.17) is 4.74 Å². The normalized spacial score (nSPS) is 25.1. The van der Waals surface area contributed by atoms with Crippen molar-refractivity contribution in [3.05, 3.63) is 65.5 Å². The summed E-state index contributed by atoms with van der Waals surface area (Å²) in [7, 11) is 1.56. The number of carbonyl (C=O) groups excluding carboxylic acids is 3. The molecular formula is C26H27FN2O4. The van der Waals surface area contributed by atoms with Gasteiger partial charge < -0.3 is 9.64 Å². The molecule has 3 fully saturated rings. The first-order chi connectivity index (χ1) is 15.9. The monoisotopic (exact) mass is 450 g/mol. The van der Waals surface area contributed by atoms with Gasteiger partial charge in [-0.25, -0.2) is 4.39 Å². The topological polar surface area (TPSA) is 66.9 Å². The van der Waals surface area contributed by atoms with Crippen LogP contribution in [0.1, 0.15) is 49.1 Å². The molecule has 2 heterocycles. The van der Waals surface area contributed by atoms with Crippen LogP contribution in [-0.2, 0) is 19.8 Å². The molecule has 0 bridgehead atoms. The SMILES string of the molecule is COc1ccc([C@@]2(CC(=O)N3CC[C@@H](c4ccccc4F)C3)CC(=O)N(C3CC3)C2=O)cc1. The van der Waals surface area contributed by atoms with E-state index in [0.717, 1.165) is 12.8 Å². The Balaban J connectivity index is 1.41. The lowest BCUT2D eigenvalue weighted by atomic mass is 9.75. The van der Waals surface area contributed by atoms with E-state index in [0.29, 0.717) is 36.4 Å². The molecule has 0 radical (unpaired) electrons. The molecule has 6 nitrogen and oxygen atoms in total. The molecule has 33 heavy (non-hydrogen) atoms. The van der Waals surface area contributed by atoms with Crippen molar-refractivity contribution in [3.63, 3.8) is 0 Å². The van der Waals surface area contributed by atoms with Crippen molar-refractivity contribution in [1.82, 2.24) is 9.80 Å². The maximum atomic E-state index is 14.3. The van der Waals surface area contributed by atoms with Crippen LogP contribution in [0.3, 0.4) is 0 Å². The molecule has 0 unspecified atom stereocenters. The van der Waals surface area contributed by atoms with E-state index in [1.54, 1.807) is 54.5 Å². The van der Waals surface area contributed by atoms with Crippen LogP contribution in [-0.4, -0.2) is 53.8 Å². The highest BCUT2D eigenvalue weighted by molar-refractivity contribution is 6.11. The quantitative estimate of drug-likeness (QED) is 0.633. The molecule has 1 aliphatic carbocycles. The second-order valence-corrected chi connectivity index (χ2v) is 9.31. The molecule has 1 saturated carbocycles. The van der Waals surface area contributed by atoms with Gasteiger partial charge >= 0.3 is 0 Å². The number of methoxy groups -OCH3 is 1. The lowest BCUT2D eigenvalue weighted by Crippen LogP contribution is -2.43. The fraction of sp³-hybridized carbons (Fsp3) is 0.423. The van der Waals surface area contributed by atoms with E-state index in [1.807, 2.05) is 0 Å². The van der Waals surface area contributed by atoms with Crippen LogP contribution in [0.2, 0.25) is 0 Å². The first-order valence-electron chi connectivity index (χ1n) is 11.5. The van der Waals surface area contributed by atoms with Gasteiger partial charge in [0.1, 0.15) is 11.6 Å². The summed E-state index contributed by atoms with van der Waals surface area (Å²) < 4.78 is 19.5. The summed E-state index contributed by atoms with van der Waals surface area (Å²) >= 11 is 0. The zero-order chi connectivity index (χ0) is 23.2. The van der Waals surface area contributed by atoms with E-state index in [9.17, 15) is 18.8 Å². The van der Waals surface area contributed by atoms with Crippen molar-refractivity contribution in [2.45, 2.75) is 49.5 Å². The third-order valence-electron chi connectivity index (χ3n) is 7.24. The minimum atomic E-state index is -1.21. The summed E-state index contributed by atoms with van der Waals surface area (Å²) in [5, 5.41) is 0. The van der Waals surface area contributed by atoms with Crippen LogP contribution in [0.5, 0.6) is 5.75 Å². The van der Waals surface area contributed by atoms with Gasteiger partial charge in [-0.2, -0.15) is 0 Å². The van der Waals surface area contributed by atoms with Crippen molar-refractivity contribution >= 4 is 17.7 Å². The number of hydrogen-bond acceptors (Lipinski definition) is 4. The molecule has 0 N–H and O–H groups in total. The van der Waals surface area contributed by atoms with Crippen molar-refractivity contribution in [2.24, 2.45) is 0 Å². The minimum absolute atomic E-state index is 0.00894. The molecule has 2 aliphatic heterocycles. The zero-order valence-corrected chi connectivity index (χ0v) is 18.6. The van der Waals surface area contributed by atoms with Gasteiger partial charge in [-0.3, -0.25) is 19.3 Å². The molecule has 3 amide bonds. The van der Waals surface area contributed by atoms with Gasteiger partial charge in [-0.1, -0.05) is 30.3 Å². The second-order valence-electron chi connectivity index (χ2n) is 9.31. The van der Waals surface area contributed by atoms with Crippen LogP contribution in [0.4, 0.5) is 4.39 Å². The molecule has 0 spiro atoms. The average molecular weight is 451 g/mol. The highest BCUT2D eigenvalue weighted by Gasteiger charge is 2.57. The van der Waals surface area contributed by atoms with Crippen LogP contribution in [0.15, 0.2) is 48.5 Å². The Hall–Kier alpha value is -3.22. The lowest BCUT2D eigenvalue weighted by Gasteiger charge is -2.29. The van der Waals surface area contributed by atoms with Gasteiger partial charge in [0, 0.05) is 37.9 Å². The first kappa shape index (κ1) is 21.6. The van der Waals surface area contributed by atoms with E-state index in [-0.39, 0.29) is 48.3 Å². The van der Waals surface area contributed by atoms with E-state index >= 15 is 0 Å². The van der Waals surface area contributed by atoms with Gasteiger partial charge in [-0.05, 0) is 48.6 Å². The molecule has 2 aromatic carbocycles. The Morgan fingerprint density at radius 1 is 1.09 bits per heavy atom. The Morgan fingerprint density at radius 3 is 2.48 bits per heavy atom. The van der Waals surface area contributed by atoms with Crippen molar-refractivity contribution in [3.8, 4) is 5.75 Å². The molecule has 0 aromatic heterocycles. The van der Waals surface area contributed by atoms with Gasteiger partial charge in [0.2, 0.25) is 17.7 Å². The van der Waals surface area contributed by atoms with Gasteiger partial charge in [-0.15, -0.1) is 0 Å². The minimum Gasteiger partial charge on any atom is -0.497 e. The maximum Gasteiger partial charge on any atom is 0.241 e. The van der Waals surface area contributed by atoms with Gasteiger partial charge in [0.05, 0.1) is 12.5 Å². The second kappa shape index (κ2) is 8.28. The smallest absolute Gasteiger partial charge is 0.241 e. The van der Waals surface area contributed by atoms with E-state index in [1.165, 1.54) is 11.0 Å². The number of carbonyl (C=O) groups is 3. The Labute approximate surface area is 192 Å². The Bertz CT molecular complexity index is 1100. The standard InChI is InChI=1S/C26H27FN2O4/c1-33-20-10-6-18(7-11-20)26(15-24(31)29(25(26)32)19-8-9-19)14-23(30)28-13-12-17(16-28)21-4-2-3-5-22(21)27/h2-7,10-11,17,19H,8-9,12-16H2,1H3/t17-,26-/m1/s1. The van der Waals surface area contributed by atoms with Crippen LogP contribution < -0.4 is 4.74 Å². The number of halogens is 1. The molecule has 7 heteroatoms. The fourth-order valence-electron chi connectivity index (χ4n) is 5.26. The fourth-order valence-corrected chi connectivity index (χ4v) is 5.26.